The molecule has 1 radical (unpaired) electrons. The monoisotopic (exact) mass is 201 g/mol. The van der Waals surface area contributed by atoms with Crippen molar-refractivity contribution in [1.29, 1.82) is 0 Å². The van der Waals surface area contributed by atoms with E-state index in [-0.39, 0.29) is 0 Å². The van der Waals surface area contributed by atoms with E-state index in [1.165, 1.54) is 0 Å². The van der Waals surface area contributed by atoms with E-state index >= 15 is 0 Å². The molecule has 3 nitrogen and oxygen atoms in total. The van der Waals surface area contributed by atoms with Crippen LogP contribution in [0.3, 0.4) is 0 Å². The predicted octanol–water partition coefficient (Wildman–Crippen LogP) is 1.24. The van der Waals surface area contributed by atoms with Crippen molar-refractivity contribution in [2.45, 2.75) is 6.54 Å². The van der Waals surface area contributed by atoms with Gasteiger partial charge in [-0.3, -0.25) is 0 Å². The molecule has 0 fully saturated rings. The molecule has 1 aliphatic heterocycles. The number of hydrogen-bond donors (Lipinski definition) is 0. The molecular formula is C6H6BrN2O. The number of ether oxygens (including phenoxy) is 1. The summed E-state index contributed by atoms with van der Waals surface area (Å²) >= 11 is 3.33. The standard InChI is InChI=1S/C6H6BrN2O/c7-5-4-8-9-2-1-3-10-6(5)9/h1,4H,2-3H2. The van der Waals surface area contributed by atoms with E-state index in [0.29, 0.717) is 6.61 Å². The Bertz CT molecular complexity index is 246. The molecule has 2 rings (SSSR count). The van der Waals surface area contributed by atoms with Gasteiger partial charge in [-0.1, -0.05) is 0 Å². The third-order valence-corrected chi connectivity index (χ3v) is 1.93. The summed E-state index contributed by atoms with van der Waals surface area (Å²) in [5.74, 6) is 0.836. The van der Waals surface area contributed by atoms with Crippen LogP contribution in [0.2, 0.25) is 0 Å². The first-order chi connectivity index (χ1) is 4.88. The van der Waals surface area contributed by atoms with Crippen LogP contribution in [0.5, 0.6) is 5.88 Å². The second-order valence-corrected chi connectivity index (χ2v) is 2.93. The van der Waals surface area contributed by atoms with Crippen molar-refractivity contribution in [3.05, 3.63) is 17.1 Å². The zero-order valence-corrected chi connectivity index (χ0v) is 6.84. The van der Waals surface area contributed by atoms with Gasteiger partial charge in [0.05, 0.1) is 23.8 Å². The normalized spacial score (nSPS) is 16.1. The number of hydrogen-bond acceptors (Lipinski definition) is 2. The number of aromatic nitrogens is 2. The molecule has 0 unspecified atom stereocenters. The molecule has 0 atom stereocenters. The molecule has 0 spiro atoms. The van der Waals surface area contributed by atoms with Gasteiger partial charge in [0, 0.05) is 6.42 Å². The third-order valence-electron chi connectivity index (χ3n) is 1.39. The molecule has 0 N–H and O–H groups in total. The fraction of sp³-hybridized carbons (Fsp3) is 0.333. The Kier molecular flexibility index (Phi) is 1.41. The molecule has 4 heteroatoms. The predicted molar refractivity (Wildman–Crippen MR) is 39.7 cm³/mol. The Morgan fingerprint density at radius 1 is 1.70 bits per heavy atom. The maximum atomic E-state index is 5.29. The van der Waals surface area contributed by atoms with Crippen LogP contribution >= 0.6 is 15.9 Å². The minimum atomic E-state index is 0.685. The van der Waals surface area contributed by atoms with E-state index in [0.717, 1.165) is 16.9 Å². The SMILES string of the molecule is Brc1cnn2c1OC[CH]C2. The second kappa shape index (κ2) is 2.27. The number of halogens is 1. The highest BCUT2D eigenvalue weighted by Crippen LogP contribution is 2.26. The van der Waals surface area contributed by atoms with Gasteiger partial charge >= 0.3 is 0 Å². The lowest BCUT2D eigenvalue weighted by molar-refractivity contribution is 0.273. The first-order valence-corrected chi connectivity index (χ1v) is 3.83. The molecule has 0 saturated carbocycles. The minimum Gasteiger partial charge on any atom is -0.477 e. The van der Waals surface area contributed by atoms with Crippen molar-refractivity contribution in [2.75, 3.05) is 6.61 Å². The van der Waals surface area contributed by atoms with E-state index in [9.17, 15) is 0 Å². The molecule has 0 saturated heterocycles. The first kappa shape index (κ1) is 6.22. The largest absolute Gasteiger partial charge is 0.477 e. The summed E-state index contributed by atoms with van der Waals surface area (Å²) in [6.07, 6.45) is 3.78. The minimum absolute atomic E-state index is 0.685. The number of nitrogens with zero attached hydrogens (tertiary/aromatic N) is 2. The molecule has 1 aliphatic rings. The number of fused-ring (bicyclic) bond motifs is 1. The van der Waals surface area contributed by atoms with Crippen molar-refractivity contribution < 1.29 is 4.74 Å². The van der Waals surface area contributed by atoms with Gasteiger partial charge < -0.3 is 4.74 Å². The van der Waals surface area contributed by atoms with E-state index < -0.39 is 0 Å². The van der Waals surface area contributed by atoms with Crippen LogP contribution in [-0.4, -0.2) is 16.4 Å². The summed E-state index contributed by atoms with van der Waals surface area (Å²) in [5, 5.41) is 4.07. The first-order valence-electron chi connectivity index (χ1n) is 3.03. The van der Waals surface area contributed by atoms with Crippen molar-refractivity contribution in [1.82, 2.24) is 9.78 Å². The average molecular weight is 202 g/mol. The van der Waals surface area contributed by atoms with Crippen LogP contribution in [0.25, 0.3) is 0 Å². The quantitative estimate of drug-likeness (QED) is 0.632. The van der Waals surface area contributed by atoms with Gasteiger partial charge in [0.15, 0.2) is 0 Å². The van der Waals surface area contributed by atoms with Crippen LogP contribution in [0.15, 0.2) is 10.7 Å². The molecule has 1 aromatic rings. The zero-order chi connectivity index (χ0) is 6.97. The molecule has 10 heavy (non-hydrogen) atoms. The summed E-state index contributed by atoms with van der Waals surface area (Å²) in [6, 6.07) is 0. The highest BCUT2D eigenvalue weighted by Gasteiger charge is 2.13. The fourth-order valence-corrected chi connectivity index (χ4v) is 1.35. The summed E-state index contributed by atoms with van der Waals surface area (Å²) in [6.45, 7) is 1.53. The summed E-state index contributed by atoms with van der Waals surface area (Å²) in [7, 11) is 0. The van der Waals surface area contributed by atoms with Gasteiger partial charge in [0.2, 0.25) is 5.88 Å². The Labute approximate surface area is 67.1 Å². The zero-order valence-electron chi connectivity index (χ0n) is 5.25. The third kappa shape index (κ3) is 0.831. The van der Waals surface area contributed by atoms with E-state index in [1.807, 2.05) is 11.1 Å². The summed E-state index contributed by atoms with van der Waals surface area (Å²) < 4.78 is 8.04. The molecular weight excluding hydrogens is 196 g/mol. The molecule has 0 bridgehead atoms. The van der Waals surface area contributed by atoms with Gasteiger partial charge in [-0.05, 0) is 15.9 Å². The number of rotatable bonds is 0. The van der Waals surface area contributed by atoms with Gasteiger partial charge in [-0.2, -0.15) is 5.10 Å². The fourth-order valence-electron chi connectivity index (χ4n) is 0.938. The van der Waals surface area contributed by atoms with E-state index in [1.54, 1.807) is 6.20 Å². The van der Waals surface area contributed by atoms with Crippen molar-refractivity contribution in [3.63, 3.8) is 0 Å². The topological polar surface area (TPSA) is 27.1 Å². The molecule has 53 valence electrons. The highest BCUT2D eigenvalue weighted by atomic mass is 79.9. The van der Waals surface area contributed by atoms with Crippen molar-refractivity contribution in [2.24, 2.45) is 0 Å². The molecule has 0 aliphatic carbocycles. The van der Waals surface area contributed by atoms with Crippen LogP contribution < -0.4 is 4.74 Å². The van der Waals surface area contributed by atoms with Crippen LogP contribution in [0.4, 0.5) is 0 Å². The van der Waals surface area contributed by atoms with Crippen LogP contribution in [0.1, 0.15) is 0 Å². The Hall–Kier alpha value is -0.510. The Balaban J connectivity index is 2.45. The highest BCUT2D eigenvalue weighted by molar-refractivity contribution is 9.10. The van der Waals surface area contributed by atoms with Gasteiger partial charge in [-0.15, -0.1) is 0 Å². The van der Waals surface area contributed by atoms with Crippen molar-refractivity contribution >= 4 is 15.9 Å². The molecule has 1 aromatic heterocycles. The van der Waals surface area contributed by atoms with Gasteiger partial charge in [-0.25, -0.2) is 4.68 Å². The summed E-state index contributed by atoms with van der Waals surface area (Å²) in [5.41, 5.74) is 0. The maximum Gasteiger partial charge on any atom is 0.226 e. The van der Waals surface area contributed by atoms with E-state index in [4.69, 9.17) is 4.74 Å². The molecule has 0 aromatic carbocycles. The second-order valence-electron chi connectivity index (χ2n) is 2.08. The summed E-state index contributed by atoms with van der Waals surface area (Å²) in [4.78, 5) is 0. The lowest BCUT2D eigenvalue weighted by Crippen LogP contribution is -2.15. The lowest BCUT2D eigenvalue weighted by Gasteiger charge is -2.14. The lowest BCUT2D eigenvalue weighted by atomic mass is 10.4. The molecule has 0 amide bonds. The average Bonchev–Trinajstić information content (AvgIpc) is 2.34. The Morgan fingerprint density at radius 3 is 3.40 bits per heavy atom. The Morgan fingerprint density at radius 2 is 2.60 bits per heavy atom. The van der Waals surface area contributed by atoms with Crippen LogP contribution in [0, 0.1) is 6.42 Å². The van der Waals surface area contributed by atoms with Gasteiger partial charge in [0.25, 0.3) is 0 Å². The molecule has 2 heterocycles. The van der Waals surface area contributed by atoms with Crippen molar-refractivity contribution in [3.8, 4) is 5.88 Å². The van der Waals surface area contributed by atoms with Gasteiger partial charge in [0.1, 0.15) is 0 Å². The maximum absolute atomic E-state index is 5.29. The van der Waals surface area contributed by atoms with Crippen LogP contribution in [-0.2, 0) is 6.54 Å². The smallest absolute Gasteiger partial charge is 0.226 e. The van der Waals surface area contributed by atoms with E-state index in [2.05, 4.69) is 21.0 Å².